The number of sulfonamides is 1. The lowest BCUT2D eigenvalue weighted by molar-refractivity contribution is -0.133. The lowest BCUT2D eigenvalue weighted by atomic mass is 9.93. The van der Waals surface area contributed by atoms with Crippen molar-refractivity contribution in [2.24, 2.45) is 0 Å². The number of fused-ring (bicyclic) bond motifs is 1. The van der Waals surface area contributed by atoms with Gasteiger partial charge in [0, 0.05) is 30.6 Å². The Morgan fingerprint density at radius 1 is 1.11 bits per heavy atom. The van der Waals surface area contributed by atoms with E-state index in [4.69, 9.17) is 4.74 Å². The second kappa shape index (κ2) is 12.1. The molecule has 2 aromatic carbocycles. The lowest BCUT2D eigenvalue weighted by Gasteiger charge is -2.37. The molecule has 0 saturated heterocycles. The molecule has 1 aliphatic rings. The number of ether oxygens (including phenoxy) is 1. The van der Waals surface area contributed by atoms with Crippen molar-refractivity contribution in [3.63, 3.8) is 0 Å². The zero-order valence-corrected chi connectivity index (χ0v) is 23.5. The Labute approximate surface area is 228 Å². The molecule has 10 heteroatoms. The largest absolute Gasteiger partial charge is 0.497 e. The molecular formula is C28H33N3O5S2. The summed E-state index contributed by atoms with van der Waals surface area (Å²) in [6.45, 7) is 3.87. The molecular weight excluding hydrogens is 522 g/mol. The minimum atomic E-state index is -3.93. The van der Waals surface area contributed by atoms with Crippen LogP contribution in [-0.2, 0) is 26.0 Å². The van der Waals surface area contributed by atoms with Crippen LogP contribution >= 0.6 is 11.3 Å². The third-order valence-corrected chi connectivity index (χ3v) is 9.46. The van der Waals surface area contributed by atoms with Crippen molar-refractivity contribution in [3.05, 3.63) is 76.0 Å². The molecule has 0 spiro atoms. The Bertz CT molecular complexity index is 1370. The van der Waals surface area contributed by atoms with Crippen LogP contribution in [0.15, 0.2) is 64.9 Å². The summed E-state index contributed by atoms with van der Waals surface area (Å²) in [5.74, 6) is 0.254. The van der Waals surface area contributed by atoms with Crippen LogP contribution in [0.25, 0.3) is 0 Å². The van der Waals surface area contributed by atoms with E-state index in [9.17, 15) is 18.0 Å². The fourth-order valence-corrected chi connectivity index (χ4v) is 6.99. The fraction of sp³-hybridized carbons (Fsp3) is 0.357. The maximum absolute atomic E-state index is 13.8. The standard InChI is InChI=1S/C28H33N3O5S2/c1-4-5-16-30(38(34,35)24-12-8-22(9-13-24)29-20(2)32)19-27(33)31-17-14-26-25(15-18-37-26)28(31)21-6-10-23(36-3)11-7-21/h6-13,15,18,28H,4-5,14,16-17,19H2,1-3H3,(H,29,32). The zero-order chi connectivity index (χ0) is 27.3. The van der Waals surface area contributed by atoms with Gasteiger partial charge in [-0.2, -0.15) is 4.31 Å². The summed E-state index contributed by atoms with van der Waals surface area (Å²) in [4.78, 5) is 28.3. The van der Waals surface area contributed by atoms with Crippen molar-refractivity contribution in [2.45, 2.75) is 44.0 Å². The van der Waals surface area contributed by atoms with E-state index < -0.39 is 10.0 Å². The lowest BCUT2D eigenvalue weighted by Crippen LogP contribution is -2.47. The first-order valence-electron chi connectivity index (χ1n) is 12.6. The molecule has 38 heavy (non-hydrogen) atoms. The zero-order valence-electron chi connectivity index (χ0n) is 21.8. The van der Waals surface area contributed by atoms with Gasteiger partial charge in [0.1, 0.15) is 5.75 Å². The maximum atomic E-state index is 13.8. The van der Waals surface area contributed by atoms with E-state index in [1.165, 1.54) is 28.2 Å². The highest BCUT2D eigenvalue weighted by molar-refractivity contribution is 7.89. The van der Waals surface area contributed by atoms with Gasteiger partial charge in [0.2, 0.25) is 21.8 Å². The van der Waals surface area contributed by atoms with E-state index in [0.717, 1.165) is 29.7 Å². The summed E-state index contributed by atoms with van der Waals surface area (Å²) in [6.07, 6.45) is 2.16. The van der Waals surface area contributed by atoms with Gasteiger partial charge in [0.25, 0.3) is 0 Å². The predicted molar refractivity (Wildman–Crippen MR) is 149 cm³/mol. The average molecular weight is 556 g/mol. The molecule has 0 radical (unpaired) electrons. The molecule has 2 heterocycles. The summed E-state index contributed by atoms with van der Waals surface area (Å²) in [5.41, 5.74) is 2.54. The van der Waals surface area contributed by atoms with Crippen LogP contribution in [0.5, 0.6) is 5.75 Å². The van der Waals surface area contributed by atoms with E-state index in [1.54, 1.807) is 35.5 Å². The minimum absolute atomic E-state index is 0.0842. The van der Waals surface area contributed by atoms with Crippen molar-refractivity contribution in [2.75, 3.05) is 32.1 Å². The number of methoxy groups -OCH3 is 1. The first kappa shape index (κ1) is 27.8. The van der Waals surface area contributed by atoms with Gasteiger partial charge in [-0.15, -0.1) is 11.3 Å². The Kier molecular flexibility index (Phi) is 8.86. The molecule has 0 saturated carbocycles. The smallest absolute Gasteiger partial charge is 0.243 e. The van der Waals surface area contributed by atoms with E-state index in [0.29, 0.717) is 18.7 Å². The topological polar surface area (TPSA) is 96.0 Å². The fourth-order valence-electron chi connectivity index (χ4n) is 4.65. The van der Waals surface area contributed by atoms with Gasteiger partial charge in [-0.05, 0) is 71.8 Å². The Balaban J connectivity index is 1.62. The molecule has 1 aliphatic heterocycles. The van der Waals surface area contributed by atoms with E-state index in [2.05, 4.69) is 11.4 Å². The molecule has 1 unspecified atom stereocenters. The third-order valence-electron chi connectivity index (χ3n) is 6.60. The van der Waals surface area contributed by atoms with Gasteiger partial charge < -0.3 is 15.0 Å². The van der Waals surface area contributed by atoms with Gasteiger partial charge in [0.15, 0.2) is 0 Å². The molecule has 0 aliphatic carbocycles. The molecule has 0 fully saturated rings. The van der Waals surface area contributed by atoms with E-state index in [1.807, 2.05) is 36.6 Å². The predicted octanol–water partition coefficient (Wildman–Crippen LogP) is 4.68. The second-order valence-corrected chi connectivity index (χ2v) is 12.1. The number of carbonyl (C=O) groups is 2. The minimum Gasteiger partial charge on any atom is -0.497 e. The quantitative estimate of drug-likeness (QED) is 0.392. The number of hydrogen-bond acceptors (Lipinski definition) is 6. The van der Waals surface area contributed by atoms with Gasteiger partial charge in [-0.3, -0.25) is 9.59 Å². The molecule has 1 aromatic heterocycles. The number of thiophene rings is 1. The second-order valence-electron chi connectivity index (χ2n) is 9.21. The molecule has 2 amide bonds. The number of rotatable bonds is 10. The molecule has 0 bridgehead atoms. The number of benzene rings is 2. The molecule has 3 aromatic rings. The van der Waals surface area contributed by atoms with Crippen molar-refractivity contribution >= 4 is 38.9 Å². The van der Waals surface area contributed by atoms with Crippen LogP contribution in [0.3, 0.4) is 0 Å². The molecule has 4 rings (SSSR count). The number of anilines is 1. The van der Waals surface area contributed by atoms with Crippen LogP contribution in [-0.4, -0.2) is 56.2 Å². The summed E-state index contributed by atoms with van der Waals surface area (Å²) in [7, 11) is -2.32. The van der Waals surface area contributed by atoms with Crippen molar-refractivity contribution in [3.8, 4) is 5.75 Å². The van der Waals surface area contributed by atoms with Crippen LogP contribution < -0.4 is 10.1 Å². The van der Waals surface area contributed by atoms with Crippen LogP contribution in [0.1, 0.15) is 48.7 Å². The average Bonchev–Trinajstić information content (AvgIpc) is 3.39. The van der Waals surface area contributed by atoms with Gasteiger partial charge >= 0.3 is 0 Å². The maximum Gasteiger partial charge on any atom is 0.243 e. The third kappa shape index (κ3) is 6.09. The number of unbranched alkanes of at least 4 members (excludes halogenated alkanes) is 1. The van der Waals surface area contributed by atoms with Gasteiger partial charge in [0.05, 0.1) is 24.6 Å². The molecule has 202 valence electrons. The summed E-state index contributed by atoms with van der Waals surface area (Å²) in [6, 6.07) is 15.4. The number of amides is 2. The molecule has 1 atom stereocenters. The molecule has 8 nitrogen and oxygen atoms in total. The van der Waals surface area contributed by atoms with Crippen molar-refractivity contribution < 1.29 is 22.7 Å². The first-order valence-corrected chi connectivity index (χ1v) is 14.9. The van der Waals surface area contributed by atoms with Crippen LogP contribution in [0.4, 0.5) is 5.69 Å². The number of carbonyl (C=O) groups excluding carboxylic acids is 2. The Hall–Kier alpha value is -3.21. The van der Waals surface area contributed by atoms with E-state index >= 15 is 0 Å². The van der Waals surface area contributed by atoms with Gasteiger partial charge in [-0.1, -0.05) is 25.5 Å². The van der Waals surface area contributed by atoms with Crippen LogP contribution in [0, 0.1) is 0 Å². The van der Waals surface area contributed by atoms with E-state index in [-0.39, 0.29) is 35.8 Å². The number of hydrogen-bond donors (Lipinski definition) is 1. The normalized spacial score (nSPS) is 15.3. The highest BCUT2D eigenvalue weighted by Gasteiger charge is 2.35. The summed E-state index contributed by atoms with van der Waals surface area (Å²) >= 11 is 1.68. The Morgan fingerprint density at radius 3 is 2.45 bits per heavy atom. The van der Waals surface area contributed by atoms with Gasteiger partial charge in [-0.25, -0.2) is 8.42 Å². The number of nitrogens with one attached hydrogen (secondary N) is 1. The van der Waals surface area contributed by atoms with Crippen LogP contribution in [0.2, 0.25) is 0 Å². The molecule has 1 N–H and O–H groups in total. The Morgan fingerprint density at radius 2 is 1.82 bits per heavy atom. The van der Waals surface area contributed by atoms with Crippen molar-refractivity contribution in [1.82, 2.24) is 9.21 Å². The SMILES string of the molecule is CCCCN(CC(=O)N1CCc2sccc2C1c1ccc(OC)cc1)S(=O)(=O)c1ccc(NC(C)=O)cc1. The summed E-state index contributed by atoms with van der Waals surface area (Å²) < 4.78 is 33.8. The van der Waals surface area contributed by atoms with Crippen molar-refractivity contribution in [1.29, 1.82) is 0 Å². The highest BCUT2D eigenvalue weighted by atomic mass is 32.2. The first-order chi connectivity index (χ1) is 18.2. The summed E-state index contributed by atoms with van der Waals surface area (Å²) in [5, 5.41) is 4.68. The monoisotopic (exact) mass is 555 g/mol. The highest BCUT2D eigenvalue weighted by Crippen LogP contribution is 2.38. The number of nitrogens with zero attached hydrogens (tertiary/aromatic N) is 2.